The number of carbonyl (C=O) groups excluding carboxylic acids is 2. The fraction of sp³-hybridized carbons (Fsp3) is 0.292. The van der Waals surface area contributed by atoms with Crippen LogP contribution in [0.2, 0.25) is 5.02 Å². The molecule has 1 saturated heterocycles. The number of amides is 1. The van der Waals surface area contributed by atoms with E-state index in [1.165, 1.54) is 0 Å². The van der Waals surface area contributed by atoms with Crippen molar-refractivity contribution in [2.24, 2.45) is 0 Å². The first-order chi connectivity index (χ1) is 15.4. The van der Waals surface area contributed by atoms with Crippen LogP contribution in [0.15, 0.2) is 54.6 Å². The van der Waals surface area contributed by atoms with Crippen molar-refractivity contribution in [3.63, 3.8) is 0 Å². The number of hydrogen-bond acceptors (Lipinski definition) is 5. The van der Waals surface area contributed by atoms with Gasteiger partial charge in [-0.3, -0.25) is 4.79 Å². The van der Waals surface area contributed by atoms with E-state index in [0.717, 1.165) is 11.4 Å². The Morgan fingerprint density at radius 2 is 1.66 bits per heavy atom. The van der Waals surface area contributed by atoms with Crippen LogP contribution < -0.4 is 4.90 Å². The Kier molecular flexibility index (Phi) is 6.46. The molecule has 2 aromatic carbocycles. The standard InChI is InChI=1S/C24H25ClN4O3/c1-17-23(18(2)29(26-17)20-8-4-3-5-9-20)24(31)32-16-22(30)28-13-11-27(12-14-28)21-10-6-7-19(25)15-21/h3-10,15H,11-14,16H2,1-2H3. The molecule has 0 spiro atoms. The van der Waals surface area contributed by atoms with Crippen molar-refractivity contribution in [1.82, 2.24) is 14.7 Å². The smallest absolute Gasteiger partial charge is 0.342 e. The van der Waals surface area contributed by atoms with Crippen LogP contribution in [0.4, 0.5) is 5.69 Å². The summed E-state index contributed by atoms with van der Waals surface area (Å²) < 4.78 is 7.08. The number of rotatable bonds is 5. The molecular weight excluding hydrogens is 428 g/mol. The van der Waals surface area contributed by atoms with Crippen LogP contribution in [0.1, 0.15) is 21.7 Å². The highest BCUT2D eigenvalue weighted by Gasteiger charge is 2.25. The van der Waals surface area contributed by atoms with Crippen LogP contribution in [0.3, 0.4) is 0 Å². The van der Waals surface area contributed by atoms with E-state index in [-0.39, 0.29) is 12.5 Å². The maximum absolute atomic E-state index is 12.7. The summed E-state index contributed by atoms with van der Waals surface area (Å²) in [5, 5.41) is 5.16. The molecule has 3 aromatic rings. The quantitative estimate of drug-likeness (QED) is 0.553. The van der Waals surface area contributed by atoms with Crippen molar-refractivity contribution in [2.45, 2.75) is 13.8 Å². The molecule has 7 nitrogen and oxygen atoms in total. The monoisotopic (exact) mass is 452 g/mol. The number of ether oxygens (including phenoxy) is 1. The number of para-hydroxylation sites is 1. The van der Waals surface area contributed by atoms with E-state index in [0.29, 0.717) is 48.2 Å². The lowest BCUT2D eigenvalue weighted by atomic mass is 10.2. The highest BCUT2D eigenvalue weighted by molar-refractivity contribution is 6.30. The van der Waals surface area contributed by atoms with E-state index >= 15 is 0 Å². The zero-order valence-corrected chi connectivity index (χ0v) is 18.9. The minimum Gasteiger partial charge on any atom is -0.452 e. The molecule has 0 atom stereocenters. The molecule has 1 fully saturated rings. The predicted molar refractivity (Wildman–Crippen MR) is 124 cm³/mol. The van der Waals surface area contributed by atoms with Gasteiger partial charge >= 0.3 is 5.97 Å². The molecule has 0 aliphatic carbocycles. The molecule has 0 radical (unpaired) electrons. The third kappa shape index (κ3) is 4.62. The molecule has 0 bridgehead atoms. The van der Waals surface area contributed by atoms with Crippen molar-refractivity contribution in [1.29, 1.82) is 0 Å². The Labute approximate surface area is 192 Å². The van der Waals surface area contributed by atoms with Gasteiger partial charge in [-0.05, 0) is 44.2 Å². The maximum atomic E-state index is 12.7. The first kappa shape index (κ1) is 21.9. The normalized spacial score (nSPS) is 13.8. The van der Waals surface area contributed by atoms with Crippen molar-refractivity contribution >= 4 is 29.2 Å². The van der Waals surface area contributed by atoms with E-state index in [2.05, 4.69) is 10.00 Å². The summed E-state index contributed by atoms with van der Waals surface area (Å²) in [6.07, 6.45) is 0. The highest BCUT2D eigenvalue weighted by atomic mass is 35.5. The number of aromatic nitrogens is 2. The van der Waals surface area contributed by atoms with Gasteiger partial charge in [-0.1, -0.05) is 35.9 Å². The van der Waals surface area contributed by atoms with E-state index in [9.17, 15) is 9.59 Å². The number of carbonyl (C=O) groups is 2. The average molecular weight is 453 g/mol. The third-order valence-corrected chi connectivity index (χ3v) is 5.86. The fourth-order valence-electron chi connectivity index (χ4n) is 3.94. The number of halogens is 1. The summed E-state index contributed by atoms with van der Waals surface area (Å²) in [5.41, 5.74) is 3.55. The topological polar surface area (TPSA) is 67.7 Å². The molecule has 32 heavy (non-hydrogen) atoms. The van der Waals surface area contributed by atoms with Crippen LogP contribution >= 0.6 is 11.6 Å². The molecule has 1 aliphatic heterocycles. The molecule has 1 aromatic heterocycles. The maximum Gasteiger partial charge on any atom is 0.342 e. The van der Waals surface area contributed by atoms with Crippen molar-refractivity contribution in [3.8, 4) is 5.69 Å². The Bertz CT molecular complexity index is 1120. The van der Waals surface area contributed by atoms with Gasteiger partial charge in [0.1, 0.15) is 5.56 Å². The summed E-state index contributed by atoms with van der Waals surface area (Å²) >= 11 is 6.08. The molecule has 1 amide bonds. The van der Waals surface area contributed by atoms with Crippen molar-refractivity contribution < 1.29 is 14.3 Å². The van der Waals surface area contributed by atoms with Gasteiger partial charge in [0, 0.05) is 36.9 Å². The van der Waals surface area contributed by atoms with Gasteiger partial charge in [0.2, 0.25) is 0 Å². The average Bonchev–Trinajstić information content (AvgIpc) is 3.12. The molecule has 0 N–H and O–H groups in total. The van der Waals surface area contributed by atoms with E-state index in [4.69, 9.17) is 16.3 Å². The molecule has 166 valence electrons. The Hall–Kier alpha value is -3.32. The summed E-state index contributed by atoms with van der Waals surface area (Å²) in [5.74, 6) is -0.733. The number of benzene rings is 2. The first-order valence-electron chi connectivity index (χ1n) is 10.5. The number of anilines is 1. The number of piperazine rings is 1. The van der Waals surface area contributed by atoms with Crippen LogP contribution in [-0.2, 0) is 9.53 Å². The van der Waals surface area contributed by atoms with Crippen LogP contribution in [0.25, 0.3) is 5.69 Å². The minimum atomic E-state index is -0.534. The summed E-state index contributed by atoms with van der Waals surface area (Å²) in [4.78, 5) is 29.2. The van der Waals surface area contributed by atoms with Crippen molar-refractivity contribution in [3.05, 3.63) is 76.6 Å². The number of hydrogen-bond donors (Lipinski definition) is 0. The van der Waals surface area contributed by atoms with Gasteiger partial charge in [0.05, 0.1) is 17.1 Å². The second-order valence-electron chi connectivity index (χ2n) is 7.72. The Morgan fingerprint density at radius 1 is 0.969 bits per heavy atom. The molecule has 0 saturated carbocycles. The molecule has 1 aliphatic rings. The molecule has 4 rings (SSSR count). The SMILES string of the molecule is Cc1nn(-c2ccccc2)c(C)c1C(=O)OCC(=O)N1CCN(c2cccc(Cl)c2)CC1. The molecule has 2 heterocycles. The largest absolute Gasteiger partial charge is 0.452 e. The predicted octanol–water partition coefficient (Wildman–Crippen LogP) is 3.65. The molecule has 8 heteroatoms. The number of nitrogens with zero attached hydrogens (tertiary/aromatic N) is 4. The summed E-state index contributed by atoms with van der Waals surface area (Å²) in [6.45, 7) is 5.82. The van der Waals surface area contributed by atoms with Crippen LogP contribution in [0, 0.1) is 13.8 Å². The van der Waals surface area contributed by atoms with Gasteiger partial charge in [0.15, 0.2) is 6.61 Å². The van der Waals surface area contributed by atoms with E-state index in [1.807, 2.05) is 61.5 Å². The second-order valence-corrected chi connectivity index (χ2v) is 8.15. The molecule has 0 unspecified atom stereocenters. The van der Waals surface area contributed by atoms with E-state index < -0.39 is 5.97 Å². The van der Waals surface area contributed by atoms with Gasteiger partial charge in [-0.25, -0.2) is 9.48 Å². The summed E-state index contributed by atoms with van der Waals surface area (Å²) in [7, 11) is 0. The zero-order valence-electron chi connectivity index (χ0n) is 18.1. The lowest BCUT2D eigenvalue weighted by Gasteiger charge is -2.36. The Morgan fingerprint density at radius 3 is 2.34 bits per heavy atom. The van der Waals surface area contributed by atoms with Crippen LogP contribution in [-0.4, -0.2) is 59.3 Å². The number of aryl methyl sites for hydroxylation is 1. The summed E-state index contributed by atoms with van der Waals surface area (Å²) in [6, 6.07) is 17.3. The Balaban J connectivity index is 1.34. The minimum absolute atomic E-state index is 0.199. The molecular formula is C24H25ClN4O3. The third-order valence-electron chi connectivity index (χ3n) is 5.63. The lowest BCUT2D eigenvalue weighted by molar-refractivity contribution is -0.134. The number of esters is 1. The fourth-order valence-corrected chi connectivity index (χ4v) is 4.12. The van der Waals surface area contributed by atoms with Crippen molar-refractivity contribution in [2.75, 3.05) is 37.7 Å². The zero-order chi connectivity index (χ0) is 22.7. The second kappa shape index (κ2) is 9.44. The van der Waals surface area contributed by atoms with E-state index in [1.54, 1.807) is 16.5 Å². The van der Waals surface area contributed by atoms with Gasteiger partial charge in [-0.15, -0.1) is 0 Å². The van der Waals surface area contributed by atoms with Gasteiger partial charge < -0.3 is 14.5 Å². The first-order valence-corrected chi connectivity index (χ1v) is 10.9. The van der Waals surface area contributed by atoms with Gasteiger partial charge in [-0.2, -0.15) is 5.10 Å². The highest BCUT2D eigenvalue weighted by Crippen LogP contribution is 2.21. The van der Waals surface area contributed by atoms with Gasteiger partial charge in [0.25, 0.3) is 5.91 Å². The lowest BCUT2D eigenvalue weighted by Crippen LogP contribution is -2.49. The van der Waals surface area contributed by atoms with Crippen LogP contribution in [0.5, 0.6) is 0 Å².